The molecule has 5 nitrogen and oxygen atoms in total. The van der Waals surface area contributed by atoms with Crippen molar-refractivity contribution in [2.24, 2.45) is 11.8 Å². The lowest BCUT2D eigenvalue weighted by molar-refractivity contribution is -0.121. The fourth-order valence-electron chi connectivity index (χ4n) is 5.83. The average molecular weight is 392 g/mol. The lowest BCUT2D eigenvalue weighted by Crippen LogP contribution is -2.60. The summed E-state index contributed by atoms with van der Waals surface area (Å²) < 4.78 is 7.60. The maximum Gasteiger partial charge on any atom is 0.419 e. The van der Waals surface area contributed by atoms with E-state index in [1.54, 1.807) is 0 Å². The fraction of sp³-hybridized carbons (Fsp3) is 0.500. The van der Waals surface area contributed by atoms with E-state index < -0.39 is 5.60 Å². The number of ether oxygens (including phenoxy) is 1. The Balaban J connectivity index is 1.71. The molecule has 4 bridgehead atoms. The maximum absolute atomic E-state index is 13.3. The summed E-state index contributed by atoms with van der Waals surface area (Å²) in [5, 5.41) is 1.11. The van der Waals surface area contributed by atoms with Crippen LogP contribution in [0, 0.1) is 11.8 Å². The molecule has 5 heteroatoms. The molecule has 0 saturated carbocycles. The molecular weight excluding hydrogens is 364 g/mol. The average Bonchev–Trinajstić information content (AvgIpc) is 3.01. The third-order valence-corrected chi connectivity index (χ3v) is 6.91. The Hall–Kier alpha value is -2.40. The van der Waals surface area contributed by atoms with E-state index in [1.807, 2.05) is 43.5 Å². The van der Waals surface area contributed by atoms with Gasteiger partial charge in [0.05, 0.1) is 17.3 Å². The van der Waals surface area contributed by atoms with E-state index in [0.717, 1.165) is 36.0 Å². The first-order chi connectivity index (χ1) is 13.8. The molecule has 1 unspecified atom stereocenters. The number of rotatable bonds is 1. The molecule has 5 heterocycles. The summed E-state index contributed by atoms with van der Waals surface area (Å²) in [5.41, 5.74) is 4.00. The highest BCUT2D eigenvalue weighted by Gasteiger charge is 2.53. The van der Waals surface area contributed by atoms with Crippen LogP contribution in [0.3, 0.4) is 0 Å². The predicted octanol–water partition coefficient (Wildman–Crippen LogP) is 4.49. The van der Waals surface area contributed by atoms with Crippen LogP contribution in [0.4, 0.5) is 4.79 Å². The van der Waals surface area contributed by atoms with Gasteiger partial charge in [0.15, 0.2) is 0 Å². The second-order valence-corrected chi connectivity index (χ2v) is 9.58. The number of carbonyl (C=O) groups is 2. The molecule has 0 amide bonds. The number of para-hydroxylation sites is 1. The van der Waals surface area contributed by atoms with E-state index in [9.17, 15) is 9.59 Å². The number of hydrogen-bond acceptors (Lipinski definition) is 4. The van der Waals surface area contributed by atoms with Crippen LogP contribution >= 0.6 is 0 Å². The van der Waals surface area contributed by atoms with Gasteiger partial charge in [-0.2, -0.15) is 0 Å². The highest BCUT2D eigenvalue weighted by molar-refractivity contribution is 5.94. The summed E-state index contributed by atoms with van der Waals surface area (Å²) in [6.07, 6.45) is 4.71. The SMILES string of the molecule is C/C=C1/CN2[C@H]3C[C@@H]1[C@@H](C=O)[C@@H]2Cc1c3n(C(=O)OC(C)(C)C)c2ccccc12. The highest BCUT2D eigenvalue weighted by Crippen LogP contribution is 2.54. The van der Waals surface area contributed by atoms with Crippen molar-refractivity contribution < 1.29 is 14.3 Å². The van der Waals surface area contributed by atoms with Crippen LogP contribution in [-0.2, 0) is 16.0 Å². The first-order valence-electron chi connectivity index (χ1n) is 10.6. The van der Waals surface area contributed by atoms with Gasteiger partial charge < -0.3 is 9.53 Å². The zero-order chi connectivity index (χ0) is 20.5. The van der Waals surface area contributed by atoms with Crippen molar-refractivity contribution in [1.29, 1.82) is 0 Å². The van der Waals surface area contributed by atoms with Crippen LogP contribution in [0.5, 0.6) is 0 Å². The number of fused-ring (bicyclic) bond motifs is 4. The lowest BCUT2D eigenvalue weighted by Gasteiger charge is -2.57. The Morgan fingerprint density at radius 2 is 2.00 bits per heavy atom. The van der Waals surface area contributed by atoms with Crippen molar-refractivity contribution >= 4 is 23.3 Å². The molecule has 1 aromatic heterocycles. The standard InChI is InChI=1S/C24H28N2O3/c1-5-14-12-25-20-11-17-15-8-6-7-9-19(15)26(23(28)29-24(2,3)4)22(17)21(25)10-16(14)18(20)13-27/h5-9,13,16,18,20-21H,10-12H2,1-4H3/b14-5-/t16-,18+,20-,21-/m0/s1. The molecular formula is C24H28N2O3. The molecule has 0 aliphatic carbocycles. The first kappa shape index (κ1) is 18.6. The zero-order valence-corrected chi connectivity index (χ0v) is 17.5. The second-order valence-electron chi connectivity index (χ2n) is 9.58. The van der Waals surface area contributed by atoms with Crippen LogP contribution in [0.1, 0.15) is 51.4 Å². The largest absolute Gasteiger partial charge is 0.443 e. The van der Waals surface area contributed by atoms with E-state index in [0.29, 0.717) is 0 Å². The third-order valence-electron chi connectivity index (χ3n) is 6.91. The monoisotopic (exact) mass is 392 g/mol. The molecule has 0 radical (unpaired) electrons. The molecule has 4 aliphatic rings. The van der Waals surface area contributed by atoms with Crippen LogP contribution < -0.4 is 0 Å². The van der Waals surface area contributed by atoms with Crippen molar-refractivity contribution in [2.45, 2.75) is 58.2 Å². The second kappa shape index (κ2) is 6.30. The summed E-state index contributed by atoms with van der Waals surface area (Å²) in [6, 6.07) is 8.45. The molecule has 4 aliphatic heterocycles. The van der Waals surface area contributed by atoms with Crippen LogP contribution in [0.2, 0.25) is 0 Å². The van der Waals surface area contributed by atoms with E-state index in [-0.39, 0.29) is 30.0 Å². The molecule has 0 N–H and O–H groups in total. The predicted molar refractivity (Wildman–Crippen MR) is 112 cm³/mol. The Morgan fingerprint density at radius 3 is 2.69 bits per heavy atom. The number of nitrogens with zero attached hydrogens (tertiary/aromatic N) is 2. The van der Waals surface area contributed by atoms with Gasteiger partial charge in [-0.1, -0.05) is 29.8 Å². The van der Waals surface area contributed by atoms with Crippen molar-refractivity contribution in [2.75, 3.05) is 6.54 Å². The smallest absolute Gasteiger partial charge is 0.419 e. The van der Waals surface area contributed by atoms with Gasteiger partial charge >= 0.3 is 6.09 Å². The molecule has 152 valence electrons. The maximum atomic E-state index is 13.3. The molecule has 1 aromatic carbocycles. The van der Waals surface area contributed by atoms with Gasteiger partial charge in [-0.05, 0) is 58.1 Å². The van der Waals surface area contributed by atoms with Gasteiger partial charge in [0.25, 0.3) is 0 Å². The Bertz CT molecular complexity index is 1040. The Labute approximate surface area is 171 Å². The number of carbonyl (C=O) groups excluding carboxylic acids is 2. The van der Waals surface area contributed by atoms with E-state index in [4.69, 9.17) is 4.74 Å². The minimum atomic E-state index is -0.556. The van der Waals surface area contributed by atoms with Crippen LogP contribution in [0.15, 0.2) is 35.9 Å². The topological polar surface area (TPSA) is 51.5 Å². The normalized spacial score (nSPS) is 31.7. The van der Waals surface area contributed by atoms with E-state index in [1.165, 1.54) is 17.4 Å². The summed E-state index contributed by atoms with van der Waals surface area (Å²) in [5.74, 6) is 0.304. The molecule has 29 heavy (non-hydrogen) atoms. The minimum absolute atomic E-state index is 0.0305. The minimum Gasteiger partial charge on any atom is -0.443 e. The van der Waals surface area contributed by atoms with Gasteiger partial charge in [-0.25, -0.2) is 9.36 Å². The number of hydrogen-bond donors (Lipinski definition) is 0. The van der Waals surface area contributed by atoms with Crippen molar-refractivity contribution in [3.05, 3.63) is 47.2 Å². The highest BCUT2D eigenvalue weighted by atomic mass is 16.6. The first-order valence-corrected chi connectivity index (χ1v) is 10.6. The molecule has 3 fully saturated rings. The van der Waals surface area contributed by atoms with Gasteiger partial charge in [0.1, 0.15) is 11.9 Å². The van der Waals surface area contributed by atoms with Gasteiger partial charge in [0.2, 0.25) is 0 Å². The van der Waals surface area contributed by atoms with Crippen molar-refractivity contribution in [3.63, 3.8) is 0 Å². The number of piperidine rings is 3. The molecule has 0 spiro atoms. The van der Waals surface area contributed by atoms with Gasteiger partial charge in [-0.15, -0.1) is 0 Å². The van der Waals surface area contributed by atoms with Gasteiger partial charge in [-0.3, -0.25) is 4.90 Å². The zero-order valence-electron chi connectivity index (χ0n) is 17.5. The number of aldehydes is 1. The van der Waals surface area contributed by atoms with E-state index in [2.05, 4.69) is 24.0 Å². The molecule has 2 aromatic rings. The number of aromatic nitrogens is 1. The Morgan fingerprint density at radius 1 is 1.24 bits per heavy atom. The van der Waals surface area contributed by atoms with Crippen LogP contribution in [-0.4, -0.2) is 40.0 Å². The summed E-state index contributed by atoms with van der Waals surface area (Å²) in [7, 11) is 0. The van der Waals surface area contributed by atoms with E-state index >= 15 is 0 Å². The van der Waals surface area contributed by atoms with Crippen LogP contribution in [0.25, 0.3) is 10.9 Å². The molecule has 6 rings (SSSR count). The molecule has 5 atom stereocenters. The number of allylic oxidation sites excluding steroid dienone is 1. The Kier molecular flexibility index (Phi) is 4.04. The summed E-state index contributed by atoms with van der Waals surface area (Å²) in [6.45, 7) is 8.66. The lowest BCUT2D eigenvalue weighted by atomic mass is 9.64. The number of benzene rings is 1. The summed E-state index contributed by atoms with van der Waals surface area (Å²) >= 11 is 0. The van der Waals surface area contributed by atoms with Crippen molar-refractivity contribution in [3.8, 4) is 0 Å². The quantitative estimate of drug-likeness (QED) is 0.530. The molecule has 3 saturated heterocycles. The van der Waals surface area contributed by atoms with Crippen molar-refractivity contribution in [1.82, 2.24) is 9.47 Å². The fourth-order valence-corrected chi connectivity index (χ4v) is 5.83. The third kappa shape index (κ3) is 2.63. The summed E-state index contributed by atoms with van der Waals surface area (Å²) in [4.78, 5) is 27.7. The van der Waals surface area contributed by atoms with Gasteiger partial charge in [0, 0.05) is 23.9 Å².